The highest BCUT2D eigenvalue weighted by Crippen LogP contribution is 2.27. The lowest BCUT2D eigenvalue weighted by Crippen LogP contribution is -2.51. The third-order valence-corrected chi connectivity index (χ3v) is 7.85. The number of amides is 2. The fourth-order valence-electron chi connectivity index (χ4n) is 3.79. The Kier molecular flexibility index (Phi) is 10.8. The zero-order chi connectivity index (χ0) is 29.4. The molecule has 11 heteroatoms. The lowest BCUT2D eigenvalue weighted by Gasteiger charge is -2.31. The normalized spacial score (nSPS) is 12.1. The molecular formula is C29H33Cl2N3O5S. The predicted molar refractivity (Wildman–Crippen MR) is 159 cm³/mol. The van der Waals surface area contributed by atoms with Crippen LogP contribution in [0.1, 0.15) is 26.3 Å². The van der Waals surface area contributed by atoms with Gasteiger partial charge in [0.2, 0.25) is 21.8 Å². The van der Waals surface area contributed by atoms with Crippen LogP contribution < -0.4 is 14.4 Å². The summed E-state index contributed by atoms with van der Waals surface area (Å²) < 4.78 is 32.4. The van der Waals surface area contributed by atoms with Crippen molar-refractivity contribution in [2.45, 2.75) is 33.4 Å². The minimum atomic E-state index is -3.86. The summed E-state index contributed by atoms with van der Waals surface area (Å²) in [7, 11) is -3.86. The summed E-state index contributed by atoms with van der Waals surface area (Å²) in [6, 6.07) is 19.6. The number of nitrogens with zero attached hydrogens (tertiary/aromatic N) is 2. The molecule has 8 nitrogen and oxygen atoms in total. The van der Waals surface area contributed by atoms with E-state index in [1.165, 1.54) is 4.90 Å². The molecule has 0 aliphatic heterocycles. The standard InChI is InChI=1S/C29H33Cl2N3O5S/c1-20(2)17-32-29(36)21(3)33(18-22-10-15-26(30)27(31)16-22)28(35)19-34(40(4,37)38)23-11-13-25(14-12-23)39-24-8-6-5-7-9-24/h5-16,20-21H,17-19H2,1-4H3,(H,32,36)/t21-/m1/s1. The van der Waals surface area contributed by atoms with Gasteiger partial charge in [-0.15, -0.1) is 0 Å². The molecular weight excluding hydrogens is 573 g/mol. The summed E-state index contributed by atoms with van der Waals surface area (Å²) in [5, 5.41) is 3.50. The molecule has 0 fully saturated rings. The second-order valence-electron chi connectivity index (χ2n) is 9.76. The maximum absolute atomic E-state index is 13.7. The van der Waals surface area contributed by atoms with Crippen molar-refractivity contribution < 1.29 is 22.7 Å². The van der Waals surface area contributed by atoms with Gasteiger partial charge in [-0.3, -0.25) is 13.9 Å². The number of halogens is 2. The summed E-state index contributed by atoms with van der Waals surface area (Å²) >= 11 is 12.2. The minimum Gasteiger partial charge on any atom is -0.457 e. The van der Waals surface area contributed by atoms with Crippen molar-refractivity contribution in [1.29, 1.82) is 0 Å². The SMILES string of the molecule is CC(C)CNC(=O)[C@@H](C)N(Cc1ccc(Cl)c(Cl)c1)C(=O)CN(c1ccc(Oc2ccccc2)cc1)S(C)(=O)=O. The molecule has 0 heterocycles. The first-order valence-electron chi connectivity index (χ1n) is 12.7. The van der Waals surface area contributed by atoms with Crippen molar-refractivity contribution in [3.05, 3.63) is 88.4 Å². The topological polar surface area (TPSA) is 96.0 Å². The number of benzene rings is 3. The molecule has 0 aliphatic carbocycles. The van der Waals surface area contributed by atoms with Gasteiger partial charge >= 0.3 is 0 Å². The first-order chi connectivity index (χ1) is 18.8. The third kappa shape index (κ3) is 8.87. The number of anilines is 1. The van der Waals surface area contributed by atoms with E-state index in [0.717, 1.165) is 10.6 Å². The van der Waals surface area contributed by atoms with Crippen LogP contribution in [0, 0.1) is 5.92 Å². The van der Waals surface area contributed by atoms with Gasteiger partial charge in [-0.25, -0.2) is 8.42 Å². The molecule has 214 valence electrons. The maximum Gasteiger partial charge on any atom is 0.244 e. The number of carbonyl (C=O) groups is 2. The number of nitrogens with one attached hydrogen (secondary N) is 1. The summed E-state index contributed by atoms with van der Waals surface area (Å²) in [5.41, 5.74) is 0.919. The van der Waals surface area contributed by atoms with Crippen LogP contribution in [0.5, 0.6) is 11.5 Å². The molecule has 3 aromatic carbocycles. The Morgan fingerprint density at radius 1 is 0.900 bits per heavy atom. The molecule has 1 N–H and O–H groups in total. The Labute approximate surface area is 245 Å². The summed E-state index contributed by atoms with van der Waals surface area (Å²) in [6.07, 6.45) is 1.02. The van der Waals surface area contributed by atoms with E-state index in [4.69, 9.17) is 27.9 Å². The zero-order valence-electron chi connectivity index (χ0n) is 22.8. The van der Waals surface area contributed by atoms with Crippen molar-refractivity contribution >= 4 is 50.7 Å². The first-order valence-corrected chi connectivity index (χ1v) is 15.3. The number of hydrogen-bond donors (Lipinski definition) is 1. The average Bonchev–Trinajstić information content (AvgIpc) is 2.91. The van der Waals surface area contributed by atoms with E-state index < -0.39 is 28.5 Å². The Morgan fingerprint density at radius 3 is 2.10 bits per heavy atom. The molecule has 0 aliphatic rings. The molecule has 0 aromatic heterocycles. The fraction of sp³-hybridized carbons (Fsp3) is 0.310. The van der Waals surface area contributed by atoms with E-state index in [0.29, 0.717) is 33.7 Å². The molecule has 0 spiro atoms. The van der Waals surface area contributed by atoms with Gasteiger partial charge in [-0.1, -0.05) is 61.3 Å². The number of para-hydroxylation sites is 1. The number of rotatable bonds is 12. The number of sulfonamides is 1. The molecule has 0 bridgehead atoms. The van der Waals surface area contributed by atoms with Crippen LogP contribution in [-0.4, -0.2) is 50.5 Å². The second-order valence-corrected chi connectivity index (χ2v) is 12.5. The first kappa shape index (κ1) is 31.3. The number of ether oxygens (including phenoxy) is 1. The van der Waals surface area contributed by atoms with Crippen LogP contribution in [0.25, 0.3) is 0 Å². The fourth-order valence-corrected chi connectivity index (χ4v) is 4.96. The minimum absolute atomic E-state index is 0.0213. The smallest absolute Gasteiger partial charge is 0.244 e. The van der Waals surface area contributed by atoms with Gasteiger partial charge in [0.15, 0.2) is 0 Å². The molecule has 0 radical (unpaired) electrons. The van der Waals surface area contributed by atoms with Crippen LogP contribution in [0.3, 0.4) is 0 Å². The lowest BCUT2D eigenvalue weighted by molar-refractivity contribution is -0.139. The summed E-state index contributed by atoms with van der Waals surface area (Å²) in [6.45, 7) is 5.47. The van der Waals surface area contributed by atoms with Crippen molar-refractivity contribution in [1.82, 2.24) is 10.2 Å². The highest BCUT2D eigenvalue weighted by molar-refractivity contribution is 7.92. The van der Waals surface area contributed by atoms with Crippen LogP contribution in [0.15, 0.2) is 72.8 Å². The molecule has 40 heavy (non-hydrogen) atoms. The van der Waals surface area contributed by atoms with Crippen molar-refractivity contribution in [2.24, 2.45) is 5.92 Å². The van der Waals surface area contributed by atoms with Crippen molar-refractivity contribution in [3.63, 3.8) is 0 Å². The number of hydrogen-bond acceptors (Lipinski definition) is 5. The van der Waals surface area contributed by atoms with Gasteiger partial charge in [0, 0.05) is 13.1 Å². The monoisotopic (exact) mass is 605 g/mol. The van der Waals surface area contributed by atoms with Gasteiger partial charge < -0.3 is 15.0 Å². The van der Waals surface area contributed by atoms with Crippen LogP contribution >= 0.6 is 23.2 Å². The molecule has 2 amide bonds. The van der Waals surface area contributed by atoms with E-state index in [1.807, 2.05) is 32.0 Å². The number of carbonyl (C=O) groups excluding carboxylic acids is 2. The molecule has 0 saturated carbocycles. The Bertz CT molecular complexity index is 1420. The molecule has 0 unspecified atom stereocenters. The van der Waals surface area contributed by atoms with Crippen LogP contribution in [0.2, 0.25) is 10.0 Å². The second kappa shape index (κ2) is 13.9. The summed E-state index contributed by atoms with van der Waals surface area (Å²) in [5.74, 6) is 0.438. The van der Waals surface area contributed by atoms with Crippen molar-refractivity contribution in [2.75, 3.05) is 23.7 Å². The Morgan fingerprint density at radius 2 is 1.52 bits per heavy atom. The Hall–Kier alpha value is -3.27. The average molecular weight is 607 g/mol. The van der Waals surface area contributed by atoms with Gasteiger partial charge in [-0.2, -0.15) is 0 Å². The van der Waals surface area contributed by atoms with Gasteiger partial charge in [0.1, 0.15) is 24.1 Å². The van der Waals surface area contributed by atoms with Gasteiger partial charge in [-0.05, 0) is 66.9 Å². The van der Waals surface area contributed by atoms with Crippen LogP contribution in [0.4, 0.5) is 5.69 Å². The van der Waals surface area contributed by atoms with Gasteiger partial charge in [0.05, 0.1) is 22.0 Å². The Balaban J connectivity index is 1.87. The maximum atomic E-state index is 13.7. The molecule has 3 aromatic rings. The molecule has 3 rings (SSSR count). The van der Waals surface area contributed by atoms with Gasteiger partial charge in [0.25, 0.3) is 0 Å². The van der Waals surface area contributed by atoms with Crippen molar-refractivity contribution in [3.8, 4) is 11.5 Å². The highest BCUT2D eigenvalue weighted by Gasteiger charge is 2.30. The van der Waals surface area contributed by atoms with E-state index >= 15 is 0 Å². The van der Waals surface area contributed by atoms with E-state index in [-0.39, 0.29) is 24.1 Å². The van der Waals surface area contributed by atoms with Crippen LogP contribution in [-0.2, 0) is 26.2 Å². The van der Waals surface area contributed by atoms with E-state index in [2.05, 4.69) is 5.32 Å². The molecule has 0 saturated heterocycles. The zero-order valence-corrected chi connectivity index (χ0v) is 25.1. The van der Waals surface area contributed by atoms with E-state index in [9.17, 15) is 18.0 Å². The summed E-state index contributed by atoms with van der Waals surface area (Å²) in [4.78, 5) is 28.0. The highest BCUT2D eigenvalue weighted by atomic mass is 35.5. The van der Waals surface area contributed by atoms with E-state index in [1.54, 1.807) is 61.5 Å². The largest absolute Gasteiger partial charge is 0.457 e. The lowest BCUT2D eigenvalue weighted by atomic mass is 10.1. The third-order valence-electron chi connectivity index (χ3n) is 5.97. The quantitative estimate of drug-likeness (QED) is 0.284. The predicted octanol–water partition coefficient (Wildman–Crippen LogP) is 5.74. The molecule has 1 atom stereocenters.